The first-order valence-electron chi connectivity index (χ1n) is 7.34. The molecule has 1 aromatic heterocycles. The molecule has 4 nitrogen and oxygen atoms in total. The van der Waals surface area contributed by atoms with Crippen LogP contribution in [-0.4, -0.2) is 27.4 Å². The van der Waals surface area contributed by atoms with E-state index in [1.165, 1.54) is 25.7 Å². The highest BCUT2D eigenvalue weighted by Gasteiger charge is 2.26. The Labute approximate surface area is 110 Å². The molecule has 1 heterocycles. The molecule has 1 saturated carbocycles. The lowest BCUT2D eigenvalue weighted by Gasteiger charge is -2.24. The molecule has 4 heteroatoms. The first kappa shape index (κ1) is 13.5. The van der Waals surface area contributed by atoms with E-state index in [2.05, 4.69) is 40.9 Å². The summed E-state index contributed by atoms with van der Waals surface area (Å²) in [4.78, 5) is 4.44. The van der Waals surface area contributed by atoms with E-state index >= 15 is 0 Å². The van der Waals surface area contributed by atoms with Crippen LogP contribution in [0.25, 0.3) is 0 Å². The van der Waals surface area contributed by atoms with Crippen LogP contribution in [0, 0.1) is 5.92 Å². The maximum Gasteiger partial charge on any atom is 0.138 e. The SMILES string of the molecule is CCNC(Cc1ncnn1C(C)C)C1CCCC1. The van der Waals surface area contributed by atoms with Crippen molar-refractivity contribution >= 4 is 0 Å². The Balaban J connectivity index is 2.05. The Hall–Kier alpha value is -0.900. The van der Waals surface area contributed by atoms with Gasteiger partial charge >= 0.3 is 0 Å². The Morgan fingerprint density at radius 3 is 2.72 bits per heavy atom. The topological polar surface area (TPSA) is 42.7 Å². The lowest BCUT2D eigenvalue weighted by molar-refractivity contribution is 0.348. The summed E-state index contributed by atoms with van der Waals surface area (Å²) >= 11 is 0. The maximum absolute atomic E-state index is 4.44. The lowest BCUT2D eigenvalue weighted by Crippen LogP contribution is -2.37. The third-order valence-electron chi connectivity index (χ3n) is 3.97. The summed E-state index contributed by atoms with van der Waals surface area (Å²) in [6.07, 6.45) is 8.22. The maximum atomic E-state index is 4.44. The highest BCUT2D eigenvalue weighted by molar-refractivity contribution is 4.94. The summed E-state index contributed by atoms with van der Waals surface area (Å²) in [5.41, 5.74) is 0. The van der Waals surface area contributed by atoms with E-state index in [1.807, 2.05) is 0 Å². The van der Waals surface area contributed by atoms with Gasteiger partial charge in [-0.1, -0.05) is 19.8 Å². The van der Waals surface area contributed by atoms with Crippen molar-refractivity contribution in [1.29, 1.82) is 0 Å². The number of nitrogens with zero attached hydrogens (tertiary/aromatic N) is 3. The minimum atomic E-state index is 0.397. The van der Waals surface area contributed by atoms with Gasteiger partial charge in [0.2, 0.25) is 0 Å². The van der Waals surface area contributed by atoms with E-state index in [-0.39, 0.29) is 0 Å². The largest absolute Gasteiger partial charge is 0.314 e. The molecule has 1 N–H and O–H groups in total. The summed E-state index contributed by atoms with van der Waals surface area (Å²) in [6, 6.07) is 0.965. The second-order valence-electron chi connectivity index (χ2n) is 5.63. The zero-order valence-electron chi connectivity index (χ0n) is 11.9. The zero-order chi connectivity index (χ0) is 13.0. The van der Waals surface area contributed by atoms with Crippen molar-refractivity contribution in [1.82, 2.24) is 20.1 Å². The molecule has 0 spiro atoms. The van der Waals surface area contributed by atoms with Crippen LogP contribution in [0.4, 0.5) is 0 Å². The Morgan fingerprint density at radius 1 is 1.39 bits per heavy atom. The van der Waals surface area contributed by atoms with E-state index < -0.39 is 0 Å². The molecular weight excluding hydrogens is 224 g/mol. The van der Waals surface area contributed by atoms with Crippen LogP contribution >= 0.6 is 0 Å². The molecule has 1 atom stereocenters. The average Bonchev–Trinajstić information content (AvgIpc) is 2.99. The molecule has 0 radical (unpaired) electrons. The Kier molecular flexibility index (Phi) is 4.75. The van der Waals surface area contributed by atoms with Crippen LogP contribution in [0.1, 0.15) is 58.3 Å². The predicted molar refractivity (Wildman–Crippen MR) is 73.5 cm³/mol. The molecule has 0 bridgehead atoms. The van der Waals surface area contributed by atoms with Gasteiger partial charge in [0.15, 0.2) is 0 Å². The fourth-order valence-electron chi connectivity index (χ4n) is 3.08. The molecule has 0 aliphatic heterocycles. The molecule has 1 aliphatic rings. The van der Waals surface area contributed by atoms with Crippen LogP contribution in [-0.2, 0) is 6.42 Å². The monoisotopic (exact) mass is 250 g/mol. The van der Waals surface area contributed by atoms with E-state index in [0.717, 1.165) is 24.7 Å². The molecule has 2 rings (SSSR count). The van der Waals surface area contributed by atoms with E-state index in [1.54, 1.807) is 6.33 Å². The van der Waals surface area contributed by atoms with Gasteiger partial charge in [-0.05, 0) is 39.2 Å². The summed E-state index contributed by atoms with van der Waals surface area (Å²) in [5, 5.41) is 7.98. The second-order valence-corrected chi connectivity index (χ2v) is 5.63. The highest BCUT2D eigenvalue weighted by atomic mass is 15.3. The van der Waals surface area contributed by atoms with E-state index in [0.29, 0.717) is 12.1 Å². The van der Waals surface area contributed by atoms with Gasteiger partial charge in [0.05, 0.1) is 0 Å². The highest BCUT2D eigenvalue weighted by Crippen LogP contribution is 2.29. The fraction of sp³-hybridized carbons (Fsp3) is 0.857. The lowest BCUT2D eigenvalue weighted by atomic mass is 9.95. The van der Waals surface area contributed by atoms with Crippen molar-refractivity contribution in [2.75, 3.05) is 6.54 Å². The van der Waals surface area contributed by atoms with Crippen molar-refractivity contribution in [2.45, 2.75) is 65.0 Å². The first-order chi connectivity index (χ1) is 8.72. The summed E-state index contributed by atoms with van der Waals surface area (Å²) in [6.45, 7) is 7.55. The van der Waals surface area contributed by atoms with Gasteiger partial charge in [-0.3, -0.25) is 0 Å². The normalized spacial score (nSPS) is 18.7. The molecule has 1 aliphatic carbocycles. The molecule has 18 heavy (non-hydrogen) atoms. The molecule has 0 aromatic carbocycles. The van der Waals surface area contributed by atoms with E-state index in [9.17, 15) is 0 Å². The summed E-state index contributed by atoms with van der Waals surface area (Å²) < 4.78 is 2.05. The van der Waals surface area contributed by atoms with Gasteiger partial charge in [-0.15, -0.1) is 0 Å². The van der Waals surface area contributed by atoms with Crippen molar-refractivity contribution < 1.29 is 0 Å². The van der Waals surface area contributed by atoms with Crippen molar-refractivity contribution in [3.63, 3.8) is 0 Å². The summed E-state index contributed by atoms with van der Waals surface area (Å²) in [7, 11) is 0. The minimum absolute atomic E-state index is 0.397. The number of hydrogen-bond acceptors (Lipinski definition) is 3. The third-order valence-corrected chi connectivity index (χ3v) is 3.97. The predicted octanol–water partition coefficient (Wildman–Crippen LogP) is 2.57. The zero-order valence-corrected chi connectivity index (χ0v) is 11.9. The molecular formula is C14H26N4. The van der Waals surface area contributed by atoms with Gasteiger partial charge < -0.3 is 5.32 Å². The molecule has 1 aromatic rings. The van der Waals surface area contributed by atoms with Crippen LogP contribution in [0.5, 0.6) is 0 Å². The Bertz CT molecular complexity index is 352. The van der Waals surface area contributed by atoms with Crippen molar-refractivity contribution in [3.8, 4) is 0 Å². The smallest absolute Gasteiger partial charge is 0.138 e. The van der Waals surface area contributed by atoms with Crippen LogP contribution < -0.4 is 5.32 Å². The minimum Gasteiger partial charge on any atom is -0.314 e. The van der Waals surface area contributed by atoms with Gasteiger partial charge in [-0.25, -0.2) is 9.67 Å². The number of hydrogen-bond donors (Lipinski definition) is 1. The number of likely N-dealkylation sites (N-methyl/N-ethyl adjacent to an activating group) is 1. The molecule has 0 amide bonds. The fourth-order valence-corrected chi connectivity index (χ4v) is 3.08. The van der Waals surface area contributed by atoms with Crippen molar-refractivity contribution in [3.05, 3.63) is 12.2 Å². The molecule has 1 fully saturated rings. The van der Waals surface area contributed by atoms with Gasteiger partial charge in [0.25, 0.3) is 0 Å². The average molecular weight is 250 g/mol. The number of rotatable bonds is 6. The number of nitrogens with one attached hydrogen (secondary N) is 1. The van der Waals surface area contributed by atoms with E-state index in [4.69, 9.17) is 0 Å². The number of aromatic nitrogens is 3. The van der Waals surface area contributed by atoms with Crippen LogP contribution in [0.3, 0.4) is 0 Å². The molecule has 0 saturated heterocycles. The first-order valence-corrected chi connectivity index (χ1v) is 7.34. The second kappa shape index (κ2) is 6.32. The quantitative estimate of drug-likeness (QED) is 0.844. The van der Waals surface area contributed by atoms with Crippen molar-refractivity contribution in [2.24, 2.45) is 5.92 Å². The van der Waals surface area contributed by atoms with Crippen LogP contribution in [0.15, 0.2) is 6.33 Å². The third kappa shape index (κ3) is 3.10. The van der Waals surface area contributed by atoms with Gasteiger partial charge in [-0.2, -0.15) is 5.10 Å². The van der Waals surface area contributed by atoms with Crippen LogP contribution in [0.2, 0.25) is 0 Å². The molecule has 102 valence electrons. The van der Waals surface area contributed by atoms with Gasteiger partial charge in [0.1, 0.15) is 12.2 Å². The Morgan fingerprint density at radius 2 is 2.11 bits per heavy atom. The molecule has 1 unspecified atom stereocenters. The summed E-state index contributed by atoms with van der Waals surface area (Å²) in [5.74, 6) is 1.95. The standard InChI is InChI=1S/C14H26N4/c1-4-15-13(12-7-5-6-8-12)9-14-16-10-17-18(14)11(2)3/h10-13,15H,4-9H2,1-3H3. The van der Waals surface area contributed by atoms with Gasteiger partial charge in [0, 0.05) is 18.5 Å².